The number of esters is 1. The van der Waals surface area contributed by atoms with Gasteiger partial charge in [-0.05, 0) is 12.8 Å². The third kappa shape index (κ3) is 9.23. The van der Waals surface area contributed by atoms with Crippen molar-refractivity contribution in [1.29, 1.82) is 0 Å². The van der Waals surface area contributed by atoms with Crippen LogP contribution < -0.4 is 0 Å². The number of methoxy groups -OCH3 is 1. The molecule has 0 saturated heterocycles. The molecule has 0 aromatic rings. The van der Waals surface area contributed by atoms with Crippen molar-refractivity contribution in [1.82, 2.24) is 0 Å². The second-order valence-corrected chi connectivity index (χ2v) is 3.40. The Kier molecular flexibility index (Phi) is 9.59. The summed E-state index contributed by atoms with van der Waals surface area (Å²) in [7, 11) is 1.42. The van der Waals surface area contributed by atoms with Crippen LogP contribution in [0.5, 0.6) is 0 Å². The highest BCUT2D eigenvalue weighted by Gasteiger charge is 1.98. The van der Waals surface area contributed by atoms with E-state index in [-0.39, 0.29) is 5.97 Å². The van der Waals surface area contributed by atoms with Crippen LogP contribution in [0.4, 0.5) is 0 Å². The maximum atomic E-state index is 10.7. The lowest BCUT2D eigenvalue weighted by molar-refractivity contribution is -0.140. The molecular weight excluding hydrogens is 180 g/mol. The monoisotopic (exact) mass is 200 g/mol. The Balaban J connectivity index is 2.98. The molecule has 0 saturated carbocycles. The molecule has 0 heterocycles. The summed E-state index contributed by atoms with van der Waals surface area (Å²) >= 11 is 0. The summed E-state index contributed by atoms with van der Waals surface area (Å²) in [6.07, 6.45) is 8.61. The van der Waals surface area contributed by atoms with E-state index in [1.807, 2.05) is 0 Å². The van der Waals surface area contributed by atoms with E-state index < -0.39 is 0 Å². The fraction of sp³-hybridized carbons (Fsp3) is 0.818. The van der Waals surface area contributed by atoms with Gasteiger partial charge in [-0.2, -0.15) is 0 Å². The molecule has 0 rings (SSSR count). The summed E-state index contributed by atoms with van der Waals surface area (Å²) in [5.74, 6) is -0.119. The summed E-state index contributed by atoms with van der Waals surface area (Å²) in [4.78, 5) is 20.7. The summed E-state index contributed by atoms with van der Waals surface area (Å²) in [5.41, 5.74) is 0. The van der Waals surface area contributed by atoms with Crippen molar-refractivity contribution in [2.75, 3.05) is 7.11 Å². The first-order valence-corrected chi connectivity index (χ1v) is 5.31. The van der Waals surface area contributed by atoms with Gasteiger partial charge >= 0.3 is 5.97 Å². The number of carbonyl (C=O) groups is 2. The van der Waals surface area contributed by atoms with E-state index in [4.69, 9.17) is 0 Å². The Morgan fingerprint density at radius 3 is 2.21 bits per heavy atom. The van der Waals surface area contributed by atoms with Gasteiger partial charge in [-0.15, -0.1) is 0 Å². The van der Waals surface area contributed by atoms with Crippen LogP contribution in [0.2, 0.25) is 0 Å². The van der Waals surface area contributed by atoms with Crippen LogP contribution in [0.25, 0.3) is 0 Å². The summed E-state index contributed by atoms with van der Waals surface area (Å²) in [6.45, 7) is 0. The van der Waals surface area contributed by atoms with Crippen molar-refractivity contribution in [3.63, 3.8) is 0 Å². The third-order valence-corrected chi connectivity index (χ3v) is 2.18. The number of rotatable bonds is 9. The van der Waals surface area contributed by atoms with Crippen LogP contribution in [0.15, 0.2) is 0 Å². The standard InChI is InChI=1S/C11H20O3/c1-14-11(13)9-7-5-3-2-4-6-8-10-12/h10H,2-9H2,1H3. The third-order valence-electron chi connectivity index (χ3n) is 2.18. The van der Waals surface area contributed by atoms with Gasteiger partial charge in [0.05, 0.1) is 7.11 Å². The number of hydrogen-bond acceptors (Lipinski definition) is 3. The average Bonchev–Trinajstić information content (AvgIpc) is 2.21. The first-order valence-electron chi connectivity index (χ1n) is 5.31. The Labute approximate surface area is 85.8 Å². The zero-order valence-corrected chi connectivity index (χ0v) is 8.96. The molecule has 0 amide bonds. The van der Waals surface area contributed by atoms with Gasteiger partial charge < -0.3 is 9.53 Å². The predicted molar refractivity (Wildman–Crippen MR) is 55.0 cm³/mol. The first kappa shape index (κ1) is 13.1. The van der Waals surface area contributed by atoms with Crippen molar-refractivity contribution in [2.24, 2.45) is 0 Å². The van der Waals surface area contributed by atoms with E-state index in [1.165, 1.54) is 7.11 Å². The fourth-order valence-electron chi connectivity index (χ4n) is 1.31. The molecule has 0 aromatic heterocycles. The van der Waals surface area contributed by atoms with Gasteiger partial charge in [0.15, 0.2) is 0 Å². The highest BCUT2D eigenvalue weighted by Crippen LogP contribution is 2.08. The second-order valence-electron chi connectivity index (χ2n) is 3.40. The molecule has 0 unspecified atom stereocenters. The minimum Gasteiger partial charge on any atom is -0.469 e. The van der Waals surface area contributed by atoms with Gasteiger partial charge in [0.25, 0.3) is 0 Å². The number of aldehydes is 1. The topological polar surface area (TPSA) is 43.4 Å². The van der Waals surface area contributed by atoms with Crippen LogP contribution in [-0.2, 0) is 14.3 Å². The summed E-state index contributed by atoms with van der Waals surface area (Å²) in [5, 5.41) is 0. The molecule has 0 N–H and O–H groups in total. The number of hydrogen-bond donors (Lipinski definition) is 0. The molecule has 14 heavy (non-hydrogen) atoms. The number of unbranched alkanes of at least 4 members (excludes halogenated alkanes) is 6. The van der Waals surface area contributed by atoms with Gasteiger partial charge in [-0.1, -0.05) is 25.7 Å². The maximum absolute atomic E-state index is 10.7. The SMILES string of the molecule is COC(=O)CCCCCCCCC=O. The van der Waals surface area contributed by atoms with Crippen molar-refractivity contribution >= 4 is 12.3 Å². The Hall–Kier alpha value is -0.860. The molecule has 0 radical (unpaired) electrons. The summed E-state index contributed by atoms with van der Waals surface area (Å²) < 4.78 is 4.53. The van der Waals surface area contributed by atoms with Crippen LogP contribution >= 0.6 is 0 Å². The van der Waals surface area contributed by atoms with Crippen molar-refractivity contribution < 1.29 is 14.3 Å². The van der Waals surface area contributed by atoms with Crippen molar-refractivity contribution in [3.8, 4) is 0 Å². The quantitative estimate of drug-likeness (QED) is 0.326. The molecule has 3 heteroatoms. The Morgan fingerprint density at radius 1 is 1.07 bits per heavy atom. The van der Waals surface area contributed by atoms with E-state index in [1.54, 1.807) is 0 Å². The van der Waals surface area contributed by atoms with E-state index in [9.17, 15) is 9.59 Å². The maximum Gasteiger partial charge on any atom is 0.305 e. The molecule has 0 atom stereocenters. The van der Waals surface area contributed by atoms with Crippen LogP contribution in [0, 0.1) is 0 Å². The molecular formula is C11H20O3. The molecule has 0 aliphatic rings. The van der Waals surface area contributed by atoms with Crippen molar-refractivity contribution in [2.45, 2.75) is 51.4 Å². The largest absolute Gasteiger partial charge is 0.469 e. The average molecular weight is 200 g/mol. The van der Waals surface area contributed by atoms with E-state index in [0.717, 1.165) is 44.8 Å². The van der Waals surface area contributed by atoms with E-state index >= 15 is 0 Å². The van der Waals surface area contributed by atoms with Gasteiger partial charge in [-0.3, -0.25) is 4.79 Å². The van der Waals surface area contributed by atoms with Gasteiger partial charge in [0, 0.05) is 12.8 Å². The molecule has 0 spiro atoms. The van der Waals surface area contributed by atoms with E-state index in [0.29, 0.717) is 12.8 Å². The Bertz CT molecular complexity index is 155. The lowest BCUT2D eigenvalue weighted by atomic mass is 10.1. The van der Waals surface area contributed by atoms with Crippen LogP contribution in [-0.4, -0.2) is 19.4 Å². The minimum absolute atomic E-state index is 0.119. The highest BCUT2D eigenvalue weighted by atomic mass is 16.5. The zero-order chi connectivity index (χ0) is 10.6. The lowest BCUT2D eigenvalue weighted by Gasteiger charge is -2.00. The lowest BCUT2D eigenvalue weighted by Crippen LogP contribution is -1.99. The normalized spacial score (nSPS) is 9.79. The predicted octanol–water partition coefficient (Wildman–Crippen LogP) is 2.48. The van der Waals surface area contributed by atoms with E-state index in [2.05, 4.69) is 4.74 Å². The van der Waals surface area contributed by atoms with Crippen LogP contribution in [0.1, 0.15) is 51.4 Å². The molecule has 0 fully saturated rings. The van der Waals surface area contributed by atoms with Crippen molar-refractivity contribution in [3.05, 3.63) is 0 Å². The minimum atomic E-state index is -0.119. The molecule has 3 nitrogen and oxygen atoms in total. The second kappa shape index (κ2) is 10.2. The van der Waals surface area contributed by atoms with Gasteiger partial charge in [0.1, 0.15) is 6.29 Å². The smallest absolute Gasteiger partial charge is 0.305 e. The molecule has 0 aliphatic heterocycles. The summed E-state index contributed by atoms with van der Waals surface area (Å²) in [6, 6.07) is 0. The molecule has 0 aromatic carbocycles. The Morgan fingerprint density at radius 2 is 1.64 bits per heavy atom. The number of carbonyl (C=O) groups excluding carboxylic acids is 2. The molecule has 0 aliphatic carbocycles. The van der Waals surface area contributed by atoms with Crippen LogP contribution in [0.3, 0.4) is 0 Å². The fourth-order valence-corrected chi connectivity index (χ4v) is 1.31. The van der Waals surface area contributed by atoms with Gasteiger partial charge in [-0.25, -0.2) is 0 Å². The molecule has 0 bridgehead atoms. The first-order chi connectivity index (χ1) is 6.81. The van der Waals surface area contributed by atoms with Gasteiger partial charge in [0.2, 0.25) is 0 Å². The number of ether oxygens (including phenoxy) is 1. The molecule has 82 valence electrons. The zero-order valence-electron chi connectivity index (χ0n) is 8.96. The highest BCUT2D eigenvalue weighted by molar-refractivity contribution is 5.68.